The van der Waals surface area contributed by atoms with Crippen LogP contribution in [-0.2, 0) is 4.74 Å². The van der Waals surface area contributed by atoms with Crippen LogP contribution in [0.1, 0.15) is 59.3 Å². The molecule has 1 rings (SSSR count). The second kappa shape index (κ2) is 8.93. The van der Waals surface area contributed by atoms with Crippen LogP contribution < -0.4 is 5.32 Å². The summed E-state index contributed by atoms with van der Waals surface area (Å²) in [5.74, 6) is 0. The van der Waals surface area contributed by atoms with Gasteiger partial charge in [-0.15, -0.1) is 0 Å². The van der Waals surface area contributed by atoms with Crippen LogP contribution in [0.25, 0.3) is 0 Å². The maximum Gasteiger partial charge on any atom is 0.0595 e. The molecule has 1 aliphatic heterocycles. The van der Waals surface area contributed by atoms with E-state index in [1.807, 2.05) is 7.11 Å². The van der Waals surface area contributed by atoms with Crippen LogP contribution in [0.4, 0.5) is 0 Å². The maximum atomic E-state index is 5.40. The second-order valence-electron chi connectivity index (χ2n) is 6.87. The van der Waals surface area contributed by atoms with Gasteiger partial charge in [-0.05, 0) is 59.5 Å². The molecule has 0 aromatic carbocycles. The Labute approximate surface area is 120 Å². The lowest BCUT2D eigenvalue weighted by molar-refractivity contribution is 0.0407. The van der Waals surface area contributed by atoms with Crippen LogP contribution in [0.2, 0.25) is 0 Å². The zero-order chi connectivity index (χ0) is 14.1. The van der Waals surface area contributed by atoms with Crippen molar-refractivity contribution >= 4 is 0 Å². The Hall–Kier alpha value is -0.120. The summed E-state index contributed by atoms with van der Waals surface area (Å²) in [6.07, 6.45) is 8.33. The van der Waals surface area contributed by atoms with Crippen molar-refractivity contribution in [3.8, 4) is 0 Å². The van der Waals surface area contributed by atoms with Gasteiger partial charge in [0.05, 0.1) is 6.10 Å². The van der Waals surface area contributed by atoms with Gasteiger partial charge in [0.2, 0.25) is 0 Å². The van der Waals surface area contributed by atoms with Crippen molar-refractivity contribution in [2.45, 2.75) is 70.9 Å². The van der Waals surface area contributed by atoms with Crippen LogP contribution in [-0.4, -0.2) is 49.8 Å². The topological polar surface area (TPSA) is 24.5 Å². The third-order valence-electron chi connectivity index (χ3n) is 3.92. The highest BCUT2D eigenvalue weighted by Gasteiger charge is 2.17. The predicted octanol–water partition coefficient (Wildman–Crippen LogP) is 3.05. The number of nitrogens with one attached hydrogen (secondary N) is 1. The van der Waals surface area contributed by atoms with Crippen LogP contribution >= 0.6 is 0 Å². The Kier molecular flexibility index (Phi) is 7.96. The van der Waals surface area contributed by atoms with Crippen molar-refractivity contribution in [1.29, 1.82) is 0 Å². The molecule has 0 saturated carbocycles. The van der Waals surface area contributed by atoms with E-state index in [1.165, 1.54) is 58.2 Å². The summed E-state index contributed by atoms with van der Waals surface area (Å²) in [4.78, 5) is 2.60. The van der Waals surface area contributed by atoms with Crippen LogP contribution in [0.5, 0.6) is 0 Å². The van der Waals surface area contributed by atoms with Crippen molar-refractivity contribution in [3.05, 3.63) is 0 Å². The number of piperidine rings is 1. The highest BCUT2D eigenvalue weighted by Crippen LogP contribution is 2.13. The minimum Gasteiger partial charge on any atom is -0.381 e. The monoisotopic (exact) mass is 270 g/mol. The quantitative estimate of drug-likeness (QED) is 0.686. The zero-order valence-electron chi connectivity index (χ0n) is 13.5. The number of hydrogen-bond donors (Lipinski definition) is 1. The minimum atomic E-state index is 0.270. The summed E-state index contributed by atoms with van der Waals surface area (Å²) < 4.78 is 5.40. The number of likely N-dealkylation sites (tertiary alicyclic amines) is 1. The summed E-state index contributed by atoms with van der Waals surface area (Å²) >= 11 is 0. The second-order valence-corrected chi connectivity index (χ2v) is 6.87. The molecule has 0 unspecified atom stereocenters. The standard InChI is InChI=1S/C16H34N2O/c1-16(2,3)17-11-7-5-6-8-12-18-13-9-15(19-4)10-14-18/h15,17H,5-14H2,1-4H3. The fourth-order valence-corrected chi connectivity index (χ4v) is 2.65. The lowest BCUT2D eigenvalue weighted by Gasteiger charge is -2.31. The molecule has 0 atom stereocenters. The molecule has 1 N–H and O–H groups in total. The fraction of sp³-hybridized carbons (Fsp3) is 1.00. The van der Waals surface area contributed by atoms with E-state index < -0.39 is 0 Å². The first-order chi connectivity index (χ1) is 9.01. The molecular weight excluding hydrogens is 236 g/mol. The van der Waals surface area contributed by atoms with Crippen molar-refractivity contribution in [1.82, 2.24) is 10.2 Å². The third-order valence-corrected chi connectivity index (χ3v) is 3.92. The molecule has 3 heteroatoms. The van der Waals surface area contributed by atoms with Crippen LogP contribution in [0.3, 0.4) is 0 Å². The first-order valence-corrected chi connectivity index (χ1v) is 8.01. The molecule has 1 aliphatic rings. The largest absolute Gasteiger partial charge is 0.381 e. The van der Waals surface area contributed by atoms with Crippen LogP contribution in [0.15, 0.2) is 0 Å². The molecule has 114 valence electrons. The summed E-state index contributed by atoms with van der Waals surface area (Å²) in [5.41, 5.74) is 0.270. The average Bonchev–Trinajstić information content (AvgIpc) is 2.37. The maximum absolute atomic E-state index is 5.40. The van der Waals surface area contributed by atoms with Gasteiger partial charge in [-0.25, -0.2) is 0 Å². The summed E-state index contributed by atoms with van der Waals surface area (Å²) in [6, 6.07) is 0. The molecule has 0 amide bonds. The number of unbranched alkanes of at least 4 members (excludes halogenated alkanes) is 3. The third kappa shape index (κ3) is 8.61. The Balaban J connectivity index is 1.89. The van der Waals surface area contributed by atoms with Gasteiger partial charge < -0.3 is 15.0 Å². The highest BCUT2D eigenvalue weighted by atomic mass is 16.5. The summed E-state index contributed by atoms with van der Waals surface area (Å²) in [6.45, 7) is 11.6. The van der Waals surface area contributed by atoms with Crippen molar-refractivity contribution in [3.63, 3.8) is 0 Å². The lowest BCUT2D eigenvalue weighted by Crippen LogP contribution is -2.37. The Morgan fingerprint density at radius 2 is 1.68 bits per heavy atom. The number of ether oxygens (including phenoxy) is 1. The first kappa shape index (κ1) is 16.9. The molecule has 1 heterocycles. The molecule has 1 fully saturated rings. The van der Waals surface area contributed by atoms with Gasteiger partial charge in [-0.1, -0.05) is 12.8 Å². The predicted molar refractivity (Wildman–Crippen MR) is 82.7 cm³/mol. The molecule has 19 heavy (non-hydrogen) atoms. The van der Waals surface area contributed by atoms with Gasteiger partial charge in [-0.3, -0.25) is 0 Å². The first-order valence-electron chi connectivity index (χ1n) is 8.01. The van der Waals surface area contributed by atoms with Crippen molar-refractivity contribution in [2.24, 2.45) is 0 Å². The fourth-order valence-electron chi connectivity index (χ4n) is 2.65. The summed E-state index contributed by atoms with van der Waals surface area (Å²) in [7, 11) is 1.84. The summed E-state index contributed by atoms with van der Waals surface area (Å²) in [5, 5.41) is 3.55. The Bertz CT molecular complexity index is 217. The number of rotatable bonds is 8. The van der Waals surface area contributed by atoms with Crippen LogP contribution in [0, 0.1) is 0 Å². The minimum absolute atomic E-state index is 0.270. The molecule has 0 aromatic rings. The molecule has 0 spiro atoms. The van der Waals surface area contributed by atoms with Gasteiger partial charge >= 0.3 is 0 Å². The van der Waals surface area contributed by atoms with E-state index in [0.717, 1.165) is 6.54 Å². The van der Waals surface area contributed by atoms with Gasteiger partial charge in [0.15, 0.2) is 0 Å². The molecule has 0 bridgehead atoms. The molecule has 0 radical (unpaired) electrons. The average molecular weight is 270 g/mol. The lowest BCUT2D eigenvalue weighted by atomic mass is 10.1. The smallest absolute Gasteiger partial charge is 0.0595 e. The van der Waals surface area contributed by atoms with Gasteiger partial charge in [-0.2, -0.15) is 0 Å². The van der Waals surface area contributed by atoms with E-state index in [1.54, 1.807) is 0 Å². The number of nitrogens with zero attached hydrogens (tertiary/aromatic N) is 1. The molecule has 0 aliphatic carbocycles. The van der Waals surface area contributed by atoms with Crippen molar-refractivity contribution < 1.29 is 4.74 Å². The molecule has 0 aromatic heterocycles. The molecule has 1 saturated heterocycles. The van der Waals surface area contributed by atoms with Crippen molar-refractivity contribution in [2.75, 3.05) is 33.3 Å². The van der Waals surface area contributed by atoms with E-state index in [9.17, 15) is 0 Å². The highest BCUT2D eigenvalue weighted by molar-refractivity contribution is 4.72. The Morgan fingerprint density at radius 1 is 1.05 bits per heavy atom. The number of hydrogen-bond acceptors (Lipinski definition) is 3. The normalized spacial score (nSPS) is 18.9. The number of methoxy groups -OCH3 is 1. The zero-order valence-corrected chi connectivity index (χ0v) is 13.5. The Morgan fingerprint density at radius 3 is 2.26 bits per heavy atom. The molecule has 3 nitrogen and oxygen atoms in total. The van der Waals surface area contributed by atoms with E-state index in [0.29, 0.717) is 6.10 Å². The van der Waals surface area contributed by atoms with Gasteiger partial charge in [0.25, 0.3) is 0 Å². The van der Waals surface area contributed by atoms with E-state index in [2.05, 4.69) is 31.0 Å². The van der Waals surface area contributed by atoms with E-state index in [-0.39, 0.29) is 5.54 Å². The van der Waals surface area contributed by atoms with E-state index >= 15 is 0 Å². The van der Waals surface area contributed by atoms with E-state index in [4.69, 9.17) is 4.74 Å². The van der Waals surface area contributed by atoms with Gasteiger partial charge in [0, 0.05) is 25.7 Å². The van der Waals surface area contributed by atoms with Gasteiger partial charge in [0.1, 0.15) is 0 Å². The molecular formula is C16H34N2O. The SMILES string of the molecule is COC1CCN(CCCCCCNC(C)(C)C)CC1.